The number of benzene rings is 3. The molecule has 30 heavy (non-hydrogen) atoms. The molecule has 0 atom stereocenters. The minimum atomic E-state index is 0.127. The highest BCUT2D eigenvalue weighted by atomic mass is 16.5. The number of hydrogen-bond acceptors (Lipinski definition) is 2. The van der Waals surface area contributed by atoms with E-state index in [1.165, 1.54) is 18.4 Å². The second-order valence-corrected chi connectivity index (χ2v) is 8.26. The number of Topliss-reactive ketones (excluding diaryl/α,β-unsaturated/α-hetero) is 1. The maximum atomic E-state index is 13.5. The second kappa shape index (κ2) is 8.31. The van der Waals surface area contributed by atoms with E-state index >= 15 is 0 Å². The van der Waals surface area contributed by atoms with E-state index in [-0.39, 0.29) is 5.78 Å². The Balaban J connectivity index is 1.62. The van der Waals surface area contributed by atoms with Crippen molar-refractivity contribution in [2.24, 2.45) is 0 Å². The average molecular weight is 395 g/mol. The summed E-state index contributed by atoms with van der Waals surface area (Å²) in [6.07, 6.45) is 6.73. The lowest BCUT2D eigenvalue weighted by Gasteiger charge is -2.25. The van der Waals surface area contributed by atoms with Gasteiger partial charge in [0.05, 0.1) is 6.10 Å². The number of hydrogen-bond donors (Lipinski definition) is 0. The Morgan fingerprint density at radius 2 is 1.50 bits per heavy atom. The largest absolute Gasteiger partial charge is 0.490 e. The van der Waals surface area contributed by atoms with Gasteiger partial charge < -0.3 is 4.74 Å². The van der Waals surface area contributed by atoms with Crippen LogP contribution in [-0.2, 0) is 6.42 Å². The zero-order valence-electron chi connectivity index (χ0n) is 17.1. The van der Waals surface area contributed by atoms with E-state index in [4.69, 9.17) is 4.74 Å². The lowest BCUT2D eigenvalue weighted by atomic mass is 9.79. The number of carbonyl (C=O) groups excluding carboxylic acids is 1. The quantitative estimate of drug-likeness (QED) is 0.454. The van der Waals surface area contributed by atoms with Crippen molar-refractivity contribution in [3.8, 4) is 5.75 Å². The number of ether oxygens (including phenoxy) is 1. The third-order valence-electron chi connectivity index (χ3n) is 6.27. The van der Waals surface area contributed by atoms with Crippen molar-refractivity contribution < 1.29 is 9.53 Å². The molecule has 150 valence electrons. The molecule has 3 aromatic rings. The normalized spacial score (nSPS) is 16.4. The molecule has 2 heteroatoms. The topological polar surface area (TPSA) is 26.3 Å². The van der Waals surface area contributed by atoms with Crippen LogP contribution in [0.5, 0.6) is 5.75 Å². The van der Waals surface area contributed by atoms with Crippen molar-refractivity contribution in [1.29, 1.82) is 0 Å². The van der Waals surface area contributed by atoms with Crippen LogP contribution in [0.1, 0.15) is 59.2 Å². The van der Waals surface area contributed by atoms with Crippen molar-refractivity contribution in [2.45, 2.75) is 44.6 Å². The zero-order chi connectivity index (χ0) is 20.3. The molecule has 0 saturated heterocycles. The molecule has 3 aromatic carbocycles. The van der Waals surface area contributed by atoms with Gasteiger partial charge >= 0.3 is 0 Å². The van der Waals surface area contributed by atoms with Gasteiger partial charge in [-0.15, -0.1) is 0 Å². The van der Waals surface area contributed by atoms with Gasteiger partial charge in [0.25, 0.3) is 0 Å². The molecule has 0 heterocycles. The van der Waals surface area contributed by atoms with E-state index in [1.54, 1.807) is 0 Å². The third-order valence-corrected chi connectivity index (χ3v) is 6.27. The van der Waals surface area contributed by atoms with Crippen LogP contribution in [0.25, 0.3) is 5.57 Å². The zero-order valence-corrected chi connectivity index (χ0v) is 17.1. The lowest BCUT2D eigenvalue weighted by Crippen LogP contribution is -2.15. The Hall–Kier alpha value is -3.13. The molecule has 0 amide bonds. The van der Waals surface area contributed by atoms with E-state index < -0.39 is 0 Å². The SMILES string of the molecule is O=C(C1=C(c2ccccc2)c2cc(OC3CCCC3)ccc2CC1)c1ccccc1. The summed E-state index contributed by atoms with van der Waals surface area (Å²) in [5.41, 5.74) is 6.23. The third kappa shape index (κ3) is 3.70. The fourth-order valence-electron chi connectivity index (χ4n) is 4.75. The molecule has 1 fully saturated rings. The lowest BCUT2D eigenvalue weighted by molar-refractivity contribution is 0.103. The molecule has 2 aliphatic carbocycles. The Kier molecular flexibility index (Phi) is 5.23. The first-order valence-electron chi connectivity index (χ1n) is 11.0. The van der Waals surface area contributed by atoms with Crippen LogP contribution < -0.4 is 4.74 Å². The number of ketones is 1. The van der Waals surface area contributed by atoms with Gasteiger partial charge in [-0.3, -0.25) is 4.79 Å². The Labute approximate surface area is 178 Å². The van der Waals surface area contributed by atoms with Crippen LogP contribution in [0.2, 0.25) is 0 Å². The summed E-state index contributed by atoms with van der Waals surface area (Å²) >= 11 is 0. The van der Waals surface area contributed by atoms with E-state index in [2.05, 4.69) is 30.3 Å². The van der Waals surface area contributed by atoms with Gasteiger partial charge in [-0.1, -0.05) is 66.7 Å². The van der Waals surface area contributed by atoms with E-state index in [9.17, 15) is 4.79 Å². The van der Waals surface area contributed by atoms with E-state index in [0.29, 0.717) is 6.10 Å². The fourth-order valence-corrected chi connectivity index (χ4v) is 4.75. The summed E-state index contributed by atoms with van der Waals surface area (Å²) in [5.74, 6) is 1.05. The number of allylic oxidation sites excluding steroid dienone is 1. The Bertz CT molecular complexity index is 1070. The predicted molar refractivity (Wildman–Crippen MR) is 121 cm³/mol. The molecule has 1 saturated carbocycles. The summed E-state index contributed by atoms with van der Waals surface area (Å²) in [6, 6.07) is 26.4. The number of carbonyl (C=O) groups is 1. The van der Waals surface area contributed by atoms with Crippen molar-refractivity contribution in [1.82, 2.24) is 0 Å². The van der Waals surface area contributed by atoms with Gasteiger partial charge in [-0.05, 0) is 72.9 Å². The molecule has 2 aliphatic rings. The summed E-state index contributed by atoms with van der Waals surface area (Å²) in [7, 11) is 0. The molecular formula is C28H26O2. The highest BCUT2D eigenvalue weighted by Crippen LogP contribution is 2.39. The van der Waals surface area contributed by atoms with E-state index in [0.717, 1.165) is 59.3 Å². The summed E-state index contributed by atoms with van der Waals surface area (Å²) < 4.78 is 6.30. The van der Waals surface area contributed by atoms with Crippen LogP contribution in [0.3, 0.4) is 0 Å². The van der Waals surface area contributed by atoms with Crippen molar-refractivity contribution in [3.05, 3.63) is 107 Å². The molecule has 2 nitrogen and oxygen atoms in total. The Morgan fingerprint density at radius 3 is 2.23 bits per heavy atom. The molecule has 0 aromatic heterocycles. The van der Waals surface area contributed by atoms with Crippen LogP contribution >= 0.6 is 0 Å². The van der Waals surface area contributed by atoms with Gasteiger partial charge in [0.15, 0.2) is 5.78 Å². The molecule has 0 bridgehead atoms. The predicted octanol–water partition coefficient (Wildman–Crippen LogP) is 6.64. The second-order valence-electron chi connectivity index (χ2n) is 8.26. The van der Waals surface area contributed by atoms with Crippen LogP contribution in [0.4, 0.5) is 0 Å². The minimum Gasteiger partial charge on any atom is -0.490 e. The highest BCUT2D eigenvalue weighted by Gasteiger charge is 2.26. The van der Waals surface area contributed by atoms with Gasteiger partial charge in [0.2, 0.25) is 0 Å². The monoisotopic (exact) mass is 394 g/mol. The van der Waals surface area contributed by atoms with Crippen molar-refractivity contribution in [3.63, 3.8) is 0 Å². The van der Waals surface area contributed by atoms with E-state index in [1.807, 2.05) is 48.5 Å². The fraction of sp³-hybridized carbons (Fsp3) is 0.250. The van der Waals surface area contributed by atoms with Gasteiger partial charge in [-0.2, -0.15) is 0 Å². The molecule has 5 rings (SSSR count). The van der Waals surface area contributed by atoms with Crippen LogP contribution in [-0.4, -0.2) is 11.9 Å². The van der Waals surface area contributed by atoms with Crippen LogP contribution in [0.15, 0.2) is 84.4 Å². The summed E-state index contributed by atoms with van der Waals surface area (Å²) in [4.78, 5) is 13.5. The number of fused-ring (bicyclic) bond motifs is 1. The molecular weight excluding hydrogens is 368 g/mol. The summed E-state index contributed by atoms with van der Waals surface area (Å²) in [6.45, 7) is 0. The smallest absolute Gasteiger partial charge is 0.189 e. The number of aryl methyl sites for hydroxylation is 1. The molecule has 0 radical (unpaired) electrons. The maximum Gasteiger partial charge on any atom is 0.189 e. The molecule has 0 N–H and O–H groups in total. The first-order valence-corrected chi connectivity index (χ1v) is 11.0. The first kappa shape index (κ1) is 18.9. The molecule has 0 aliphatic heterocycles. The highest BCUT2D eigenvalue weighted by molar-refractivity contribution is 6.15. The standard InChI is InChI=1S/C28H26O2/c29-28(22-11-5-2-6-12-22)25-18-16-20-15-17-24(30-23-13-7-8-14-23)19-26(20)27(25)21-9-3-1-4-10-21/h1-6,9-12,15,17,19,23H,7-8,13-14,16,18H2. The van der Waals surface area contributed by atoms with Gasteiger partial charge in [0, 0.05) is 11.1 Å². The minimum absolute atomic E-state index is 0.127. The van der Waals surface area contributed by atoms with Gasteiger partial charge in [0.1, 0.15) is 5.75 Å². The molecule has 0 spiro atoms. The number of rotatable bonds is 5. The Morgan fingerprint density at radius 1 is 0.800 bits per heavy atom. The van der Waals surface area contributed by atoms with Gasteiger partial charge in [-0.25, -0.2) is 0 Å². The van der Waals surface area contributed by atoms with Crippen molar-refractivity contribution >= 4 is 11.4 Å². The van der Waals surface area contributed by atoms with Crippen LogP contribution in [0, 0.1) is 0 Å². The van der Waals surface area contributed by atoms with Crippen molar-refractivity contribution in [2.75, 3.05) is 0 Å². The molecule has 0 unspecified atom stereocenters. The maximum absolute atomic E-state index is 13.5. The summed E-state index contributed by atoms with van der Waals surface area (Å²) in [5, 5.41) is 0. The first-order chi connectivity index (χ1) is 14.8. The average Bonchev–Trinajstić information content (AvgIpc) is 3.32.